The Labute approximate surface area is 372 Å². The highest BCUT2D eigenvalue weighted by atomic mass is 28.3. The average Bonchev–Trinajstić information content (AvgIpc) is 3.70. The van der Waals surface area contributed by atoms with Crippen LogP contribution in [0.4, 0.5) is 10.5 Å². The minimum absolute atomic E-state index is 0.0662. The molecule has 5 N–H and O–H groups in total. The first-order chi connectivity index (χ1) is 30.5. The van der Waals surface area contributed by atoms with E-state index in [1.165, 1.54) is 35.1 Å². The number of ether oxygens (including phenoxy) is 6. The molecule has 6 atom stereocenters. The van der Waals surface area contributed by atoms with Crippen LogP contribution in [0.2, 0.25) is 25.7 Å². The smallest absolute Gasteiger partial charge is 0.407 e. The predicted octanol–water partition coefficient (Wildman–Crippen LogP) is 4.03. The SMILES string of the molecule is C#CCOc1cc(O[C@@H]2C[C@H](C(=O)O)[C@@H](O)[C@H](O)[C@H]2O)ccc1COC(=O)NCCc1cc2c(cc1OC)C(=O)N1C=C(c3ccc(OC)cc3)CC1C(=O)N2COCC[Si](C)(C)C. The molecule has 1 saturated carbocycles. The number of hydrogen-bond donors (Lipinski definition) is 5. The summed E-state index contributed by atoms with van der Waals surface area (Å²) in [6.45, 7) is 6.78. The summed E-state index contributed by atoms with van der Waals surface area (Å²) in [7, 11) is 1.61. The van der Waals surface area contributed by atoms with Crippen molar-refractivity contribution in [2.24, 2.45) is 5.92 Å². The number of aliphatic carboxylic acids is 1. The second-order valence-corrected chi connectivity index (χ2v) is 22.6. The molecule has 1 unspecified atom stereocenters. The van der Waals surface area contributed by atoms with E-state index in [0.29, 0.717) is 41.3 Å². The largest absolute Gasteiger partial charge is 0.497 e. The van der Waals surface area contributed by atoms with Gasteiger partial charge in [-0.3, -0.25) is 19.3 Å². The van der Waals surface area contributed by atoms with E-state index >= 15 is 0 Å². The first-order valence-electron chi connectivity index (χ1n) is 20.8. The van der Waals surface area contributed by atoms with Crippen molar-refractivity contribution in [2.75, 3.05) is 45.6 Å². The van der Waals surface area contributed by atoms with E-state index in [-0.39, 0.29) is 68.2 Å². The third-order valence-corrected chi connectivity index (χ3v) is 13.1. The predicted molar refractivity (Wildman–Crippen MR) is 236 cm³/mol. The molecule has 64 heavy (non-hydrogen) atoms. The molecule has 342 valence electrons. The van der Waals surface area contributed by atoms with Crippen LogP contribution in [0, 0.1) is 18.3 Å². The number of aliphatic hydroxyl groups excluding tert-OH is 3. The van der Waals surface area contributed by atoms with Crippen LogP contribution in [0.3, 0.4) is 0 Å². The summed E-state index contributed by atoms with van der Waals surface area (Å²) in [5.41, 5.74) is 3.35. The molecule has 0 aromatic heterocycles. The maximum absolute atomic E-state index is 14.5. The molecule has 3 aromatic rings. The number of hydrogen-bond acceptors (Lipinski definition) is 13. The Bertz CT molecular complexity index is 2270. The van der Waals surface area contributed by atoms with Gasteiger partial charge in [0.25, 0.3) is 11.8 Å². The number of rotatable bonds is 18. The number of benzene rings is 3. The molecule has 3 aromatic carbocycles. The van der Waals surface area contributed by atoms with Gasteiger partial charge in [0.05, 0.1) is 37.5 Å². The Morgan fingerprint density at radius 1 is 0.922 bits per heavy atom. The molecule has 3 amide bonds. The van der Waals surface area contributed by atoms with E-state index in [2.05, 4.69) is 30.9 Å². The molecule has 6 rings (SSSR count). The summed E-state index contributed by atoms with van der Waals surface area (Å²) in [5, 5.41) is 43.0. The molecule has 17 nitrogen and oxygen atoms in total. The summed E-state index contributed by atoms with van der Waals surface area (Å²) in [4.78, 5) is 56.4. The van der Waals surface area contributed by atoms with Crippen molar-refractivity contribution in [3.05, 3.63) is 83.1 Å². The van der Waals surface area contributed by atoms with E-state index in [4.69, 9.17) is 34.8 Å². The summed E-state index contributed by atoms with van der Waals surface area (Å²) < 4.78 is 34.2. The highest BCUT2D eigenvalue weighted by Crippen LogP contribution is 2.40. The molecule has 0 bridgehead atoms. The quantitative estimate of drug-likeness (QED) is 0.0691. The van der Waals surface area contributed by atoms with E-state index in [0.717, 1.165) is 17.2 Å². The Kier molecular flexibility index (Phi) is 15.2. The molecule has 3 aliphatic rings. The van der Waals surface area contributed by atoms with E-state index < -0.39 is 56.5 Å². The summed E-state index contributed by atoms with van der Waals surface area (Å²) >= 11 is 0. The Hall–Kier alpha value is -6.10. The summed E-state index contributed by atoms with van der Waals surface area (Å²) in [6.07, 6.45) is 0.473. The number of amides is 3. The third kappa shape index (κ3) is 11.0. The molecule has 2 aliphatic heterocycles. The number of alkyl carbamates (subject to hydrolysis) is 1. The zero-order chi connectivity index (χ0) is 46.3. The van der Waals surface area contributed by atoms with Gasteiger partial charge in [-0.15, -0.1) is 6.42 Å². The highest BCUT2D eigenvalue weighted by molar-refractivity contribution is 6.76. The first-order valence-corrected chi connectivity index (χ1v) is 24.6. The molecule has 0 saturated heterocycles. The van der Waals surface area contributed by atoms with Crippen LogP contribution in [0.25, 0.3) is 5.57 Å². The van der Waals surface area contributed by atoms with Gasteiger partial charge < -0.3 is 59.1 Å². The van der Waals surface area contributed by atoms with Gasteiger partial charge >= 0.3 is 12.1 Å². The van der Waals surface area contributed by atoms with Crippen LogP contribution in [0.1, 0.15) is 39.9 Å². The molecular weight excluding hydrogens is 847 g/mol. The molecule has 18 heteroatoms. The van der Waals surface area contributed by atoms with Gasteiger partial charge in [-0.25, -0.2) is 4.79 Å². The van der Waals surface area contributed by atoms with Crippen molar-refractivity contribution in [1.29, 1.82) is 0 Å². The molecule has 1 fully saturated rings. The maximum atomic E-state index is 14.5. The lowest BCUT2D eigenvalue weighted by atomic mass is 9.81. The number of terminal acetylenes is 1. The molecule has 2 heterocycles. The number of carboxylic acids is 1. The van der Waals surface area contributed by atoms with Crippen LogP contribution >= 0.6 is 0 Å². The van der Waals surface area contributed by atoms with Gasteiger partial charge in [-0.1, -0.05) is 37.7 Å². The average molecular weight is 902 g/mol. The number of carbonyl (C=O) groups is 4. The van der Waals surface area contributed by atoms with Crippen LogP contribution in [0.15, 0.2) is 60.8 Å². The number of nitrogens with one attached hydrogen (secondary N) is 1. The topological polar surface area (TPSA) is 223 Å². The normalized spacial score (nSPS) is 21.8. The Morgan fingerprint density at radius 3 is 2.33 bits per heavy atom. The van der Waals surface area contributed by atoms with Gasteiger partial charge in [-0.05, 0) is 65.6 Å². The van der Waals surface area contributed by atoms with Gasteiger partial charge in [-0.2, -0.15) is 0 Å². The number of fused-ring (bicyclic) bond motifs is 2. The molecule has 0 spiro atoms. The van der Waals surface area contributed by atoms with Crippen molar-refractivity contribution in [3.8, 4) is 35.3 Å². The van der Waals surface area contributed by atoms with Gasteiger partial charge in [0.2, 0.25) is 0 Å². The minimum atomic E-state index is -1.75. The fourth-order valence-corrected chi connectivity index (χ4v) is 8.48. The highest BCUT2D eigenvalue weighted by Gasteiger charge is 2.47. The van der Waals surface area contributed by atoms with Gasteiger partial charge in [0.15, 0.2) is 0 Å². The fourth-order valence-electron chi connectivity index (χ4n) is 7.72. The first kappa shape index (κ1) is 47.4. The molecular formula is C46H55N3O14Si. The van der Waals surface area contributed by atoms with E-state index in [1.807, 2.05) is 24.3 Å². The summed E-state index contributed by atoms with van der Waals surface area (Å²) in [6, 6.07) is 15.3. The number of methoxy groups -OCH3 is 2. The van der Waals surface area contributed by atoms with Gasteiger partial charge in [0.1, 0.15) is 67.3 Å². The standard InChI is InChI=1S/C46H55N3O14Si/c1-7-16-61-38-21-32(63-39-23-34(45(55)56)40(50)42(52)41(39)51)13-10-29(38)25-62-46(57)47-15-14-28-19-35-33(22-37(28)59-3)43(53)48-24-30(27-8-11-31(58-2)12-9-27)20-36(48)44(54)49(35)26-60-17-18-64(4,5)6/h1,8-13,19,21-22,24,34,36,39-42,50-52H,14-18,20,23,25-26H2,2-6H3,(H,47,57)(H,55,56)/t34-,36?,39+,40+,41-,42-/m0/s1. The van der Waals surface area contributed by atoms with Crippen molar-refractivity contribution < 1.29 is 68.0 Å². The number of carbonyl (C=O) groups excluding carboxylic acids is 3. The molecule has 0 radical (unpaired) electrons. The van der Waals surface area contributed by atoms with E-state index in [9.17, 15) is 39.6 Å². The third-order valence-electron chi connectivity index (χ3n) is 11.4. The second-order valence-electron chi connectivity index (χ2n) is 16.9. The van der Waals surface area contributed by atoms with Crippen LogP contribution < -0.4 is 29.2 Å². The number of anilines is 1. The maximum Gasteiger partial charge on any atom is 0.407 e. The summed E-state index contributed by atoms with van der Waals surface area (Å²) in [5.74, 6) is 0.380. The number of aliphatic hydroxyl groups is 3. The van der Waals surface area contributed by atoms with Crippen molar-refractivity contribution in [2.45, 2.75) is 82.0 Å². The zero-order valence-corrected chi connectivity index (χ0v) is 37.4. The van der Waals surface area contributed by atoms with Crippen molar-refractivity contribution in [1.82, 2.24) is 10.2 Å². The van der Waals surface area contributed by atoms with Crippen LogP contribution in [-0.2, 0) is 32.1 Å². The van der Waals surface area contributed by atoms with E-state index in [1.54, 1.807) is 25.4 Å². The zero-order valence-electron chi connectivity index (χ0n) is 36.4. The van der Waals surface area contributed by atoms with Crippen LogP contribution in [-0.4, -0.2) is 128 Å². The fraction of sp³-hybridized carbons (Fsp3) is 0.435. The lowest BCUT2D eigenvalue weighted by Gasteiger charge is -2.38. The lowest BCUT2D eigenvalue weighted by Crippen LogP contribution is -2.57. The van der Waals surface area contributed by atoms with Gasteiger partial charge in [0, 0.05) is 51.9 Å². The monoisotopic (exact) mass is 901 g/mol. The Balaban J connectivity index is 1.15. The Morgan fingerprint density at radius 2 is 1.66 bits per heavy atom. The van der Waals surface area contributed by atoms with Crippen LogP contribution in [0.5, 0.6) is 23.0 Å². The molecule has 1 aliphatic carbocycles. The van der Waals surface area contributed by atoms with Crippen molar-refractivity contribution >= 4 is 43.2 Å². The number of nitrogens with zero attached hydrogens (tertiary/aromatic N) is 2. The minimum Gasteiger partial charge on any atom is -0.497 e. The second kappa shape index (κ2) is 20.6. The lowest BCUT2D eigenvalue weighted by molar-refractivity contribution is -0.174. The van der Waals surface area contributed by atoms with Crippen molar-refractivity contribution in [3.63, 3.8) is 0 Å². The number of carboxylic acid groups (broad SMARTS) is 1.